The Morgan fingerprint density at radius 2 is 0.795 bits per heavy atom. The average Bonchev–Trinajstić information content (AvgIpc) is 3.33. The minimum atomic E-state index is 1.23. The van der Waals surface area contributed by atoms with E-state index < -0.39 is 0 Å². The van der Waals surface area contributed by atoms with Crippen molar-refractivity contribution in [1.82, 2.24) is 4.57 Å². The lowest BCUT2D eigenvalue weighted by molar-refractivity contribution is -0.704. The van der Waals surface area contributed by atoms with E-state index in [0.29, 0.717) is 0 Å². The molecule has 1 rings (SSSR count). The lowest BCUT2D eigenvalue weighted by Crippen LogP contribution is -2.37. The second kappa shape index (κ2) is 28.7. The number of imidazole rings is 1. The van der Waals surface area contributed by atoms with Crippen molar-refractivity contribution in [3.63, 3.8) is 0 Å². The molecular weight excluding hydrogens is 472 g/mol. The van der Waals surface area contributed by atoms with Crippen LogP contribution in [0.3, 0.4) is 0 Å². The van der Waals surface area contributed by atoms with Gasteiger partial charge in [0.1, 0.15) is 12.4 Å². The third-order valence-electron chi connectivity index (χ3n) is 8.85. The first-order chi connectivity index (χ1) is 19.3. The van der Waals surface area contributed by atoms with Crippen LogP contribution >= 0.6 is 0 Å². The topological polar surface area (TPSA) is 8.81 Å². The molecule has 2 heteroatoms. The summed E-state index contributed by atoms with van der Waals surface area (Å²) in [7, 11) is 0. The van der Waals surface area contributed by atoms with E-state index in [2.05, 4.69) is 42.3 Å². The molecule has 0 fully saturated rings. The van der Waals surface area contributed by atoms with E-state index in [1.165, 1.54) is 199 Å². The normalized spacial score (nSPS) is 11.6. The quantitative estimate of drug-likeness (QED) is 0.0648. The summed E-state index contributed by atoms with van der Waals surface area (Å²) in [5.74, 6) is 1.62. The summed E-state index contributed by atoms with van der Waals surface area (Å²) in [6, 6.07) is 0. The molecule has 0 saturated carbocycles. The van der Waals surface area contributed by atoms with E-state index in [1.54, 1.807) is 5.82 Å². The standard InChI is InChI=1S/C37H73N2/c1-4-7-10-13-16-18-20-22-24-27-30-33-38-35-36-39(37(38)32-29-26-15-12-9-6-3)34-31-28-25-23-21-19-17-14-11-8-5-2/h35-36H,4-34H2,1-3H3/q+1. The zero-order chi connectivity index (χ0) is 28.1. The molecule has 1 aromatic rings. The molecule has 0 saturated heterocycles. The smallest absolute Gasteiger partial charge is 0.234 e. The summed E-state index contributed by atoms with van der Waals surface area (Å²) in [6.45, 7) is 9.40. The van der Waals surface area contributed by atoms with Crippen LogP contribution in [0.2, 0.25) is 0 Å². The highest BCUT2D eigenvalue weighted by molar-refractivity contribution is 4.84. The summed E-state index contributed by atoms with van der Waals surface area (Å²) in [5, 5.41) is 0. The second-order valence-electron chi connectivity index (χ2n) is 12.7. The van der Waals surface area contributed by atoms with Crippen LogP contribution in [0.5, 0.6) is 0 Å². The first-order valence-corrected chi connectivity index (χ1v) is 18.4. The van der Waals surface area contributed by atoms with Crippen LogP contribution in [0.1, 0.15) is 206 Å². The van der Waals surface area contributed by atoms with Crippen LogP contribution in [0.15, 0.2) is 12.4 Å². The fourth-order valence-electron chi connectivity index (χ4n) is 6.15. The van der Waals surface area contributed by atoms with Crippen molar-refractivity contribution in [2.75, 3.05) is 0 Å². The largest absolute Gasteiger partial charge is 0.256 e. The van der Waals surface area contributed by atoms with Crippen LogP contribution in [0.4, 0.5) is 0 Å². The van der Waals surface area contributed by atoms with Gasteiger partial charge in [-0.05, 0) is 32.1 Å². The number of aryl methyl sites for hydroxylation is 2. The predicted molar refractivity (Wildman–Crippen MR) is 175 cm³/mol. The Labute approximate surface area is 247 Å². The van der Waals surface area contributed by atoms with Gasteiger partial charge in [-0.15, -0.1) is 0 Å². The first-order valence-electron chi connectivity index (χ1n) is 18.4. The van der Waals surface area contributed by atoms with Crippen LogP contribution in [0.25, 0.3) is 0 Å². The molecule has 0 spiro atoms. The monoisotopic (exact) mass is 546 g/mol. The molecule has 2 nitrogen and oxygen atoms in total. The fraction of sp³-hybridized carbons (Fsp3) is 0.919. The number of rotatable bonds is 31. The number of hydrogen-bond donors (Lipinski definition) is 0. The molecule has 0 aliphatic heterocycles. The van der Waals surface area contributed by atoms with Gasteiger partial charge in [0.25, 0.3) is 5.82 Å². The van der Waals surface area contributed by atoms with Gasteiger partial charge in [0.05, 0.1) is 13.1 Å². The van der Waals surface area contributed by atoms with Crippen molar-refractivity contribution in [1.29, 1.82) is 0 Å². The molecule has 0 unspecified atom stereocenters. The van der Waals surface area contributed by atoms with E-state index in [1.807, 2.05) is 0 Å². The van der Waals surface area contributed by atoms with Crippen LogP contribution in [-0.4, -0.2) is 4.57 Å². The van der Waals surface area contributed by atoms with Crippen molar-refractivity contribution in [2.24, 2.45) is 0 Å². The van der Waals surface area contributed by atoms with Gasteiger partial charge in [0.15, 0.2) is 0 Å². The van der Waals surface area contributed by atoms with E-state index in [-0.39, 0.29) is 0 Å². The van der Waals surface area contributed by atoms with E-state index in [0.717, 1.165) is 0 Å². The third kappa shape index (κ3) is 21.6. The molecule has 0 bridgehead atoms. The van der Waals surface area contributed by atoms with Crippen molar-refractivity contribution in [2.45, 2.75) is 220 Å². The Balaban J connectivity index is 2.28. The van der Waals surface area contributed by atoms with Gasteiger partial charge in [-0.2, -0.15) is 0 Å². The zero-order valence-corrected chi connectivity index (χ0v) is 27.5. The molecular formula is C37H73N2+. The molecule has 0 aliphatic carbocycles. The van der Waals surface area contributed by atoms with Crippen molar-refractivity contribution >= 4 is 0 Å². The fourth-order valence-corrected chi connectivity index (χ4v) is 6.15. The molecule has 0 radical (unpaired) electrons. The maximum absolute atomic E-state index is 2.62. The van der Waals surface area contributed by atoms with Gasteiger partial charge in [0, 0.05) is 6.42 Å². The highest BCUT2D eigenvalue weighted by Crippen LogP contribution is 2.14. The van der Waals surface area contributed by atoms with Gasteiger partial charge >= 0.3 is 0 Å². The second-order valence-corrected chi connectivity index (χ2v) is 12.7. The molecule has 0 amide bonds. The van der Waals surface area contributed by atoms with Crippen molar-refractivity contribution in [3.8, 4) is 0 Å². The maximum atomic E-state index is 2.62. The minimum Gasteiger partial charge on any atom is -0.234 e. The van der Waals surface area contributed by atoms with Gasteiger partial charge in [-0.3, -0.25) is 0 Å². The Kier molecular flexibility index (Phi) is 26.7. The molecule has 0 atom stereocenters. The van der Waals surface area contributed by atoms with Gasteiger partial charge in [-0.1, -0.05) is 168 Å². The Morgan fingerprint density at radius 3 is 1.23 bits per heavy atom. The predicted octanol–water partition coefficient (Wildman–Crippen LogP) is 12.3. The Bertz CT molecular complexity index is 561. The minimum absolute atomic E-state index is 1.23. The van der Waals surface area contributed by atoms with E-state index >= 15 is 0 Å². The number of nitrogens with zero attached hydrogens (tertiary/aromatic N) is 2. The Hall–Kier alpha value is -0.790. The highest BCUT2D eigenvalue weighted by Gasteiger charge is 2.16. The number of hydrogen-bond acceptors (Lipinski definition) is 0. The van der Waals surface area contributed by atoms with E-state index in [9.17, 15) is 0 Å². The van der Waals surface area contributed by atoms with Crippen LogP contribution in [0, 0.1) is 0 Å². The number of unbranched alkanes of at least 4 members (excludes halogenated alkanes) is 25. The van der Waals surface area contributed by atoms with Crippen LogP contribution < -0.4 is 4.57 Å². The van der Waals surface area contributed by atoms with Gasteiger partial charge in [0.2, 0.25) is 0 Å². The summed E-state index contributed by atoms with van der Waals surface area (Å²) in [4.78, 5) is 0. The Morgan fingerprint density at radius 1 is 0.436 bits per heavy atom. The van der Waals surface area contributed by atoms with Crippen molar-refractivity contribution in [3.05, 3.63) is 18.2 Å². The van der Waals surface area contributed by atoms with Gasteiger partial charge < -0.3 is 0 Å². The molecule has 0 aliphatic rings. The summed E-state index contributed by atoms with van der Waals surface area (Å²) in [5.41, 5.74) is 0. The van der Waals surface area contributed by atoms with Crippen LogP contribution in [-0.2, 0) is 19.5 Å². The zero-order valence-electron chi connectivity index (χ0n) is 27.5. The maximum Gasteiger partial charge on any atom is 0.256 e. The van der Waals surface area contributed by atoms with Crippen molar-refractivity contribution < 1.29 is 4.57 Å². The molecule has 0 N–H and O–H groups in total. The first kappa shape index (κ1) is 36.2. The number of aromatic nitrogens is 2. The average molecular weight is 546 g/mol. The lowest BCUT2D eigenvalue weighted by Gasteiger charge is -2.07. The summed E-state index contributed by atoms with van der Waals surface area (Å²) >= 11 is 0. The SMILES string of the molecule is CCCCCCCCCCCCCn1cc[n+](CCCCCCCCCCCCC)c1CCCCCCCC. The molecule has 230 valence electrons. The molecule has 1 aromatic heterocycles. The molecule has 39 heavy (non-hydrogen) atoms. The lowest BCUT2D eigenvalue weighted by atomic mass is 10.1. The molecule has 1 heterocycles. The summed E-state index contributed by atoms with van der Waals surface area (Å²) in [6.07, 6.45) is 45.9. The van der Waals surface area contributed by atoms with E-state index in [4.69, 9.17) is 0 Å². The van der Waals surface area contributed by atoms with Gasteiger partial charge in [-0.25, -0.2) is 9.13 Å². The molecule has 0 aromatic carbocycles. The third-order valence-corrected chi connectivity index (χ3v) is 8.85. The summed E-state index contributed by atoms with van der Waals surface area (Å²) < 4.78 is 5.25. The highest BCUT2D eigenvalue weighted by atomic mass is 15.1.